The number of H-pyrrole nitrogens is 1. The van der Waals surface area contributed by atoms with Gasteiger partial charge in [0.05, 0.1) is 16.4 Å². The predicted molar refractivity (Wildman–Crippen MR) is 92.7 cm³/mol. The lowest BCUT2D eigenvalue weighted by molar-refractivity contribution is 0.174. The molecule has 0 bridgehead atoms. The summed E-state index contributed by atoms with van der Waals surface area (Å²) in [5.74, 6) is 1.61. The van der Waals surface area contributed by atoms with E-state index in [-0.39, 0.29) is 12.2 Å². The van der Waals surface area contributed by atoms with Gasteiger partial charge in [-0.1, -0.05) is 18.2 Å². The highest BCUT2D eigenvalue weighted by molar-refractivity contribution is 5.95. The Balaban J connectivity index is 1.82. The number of hydrogen-bond donors (Lipinski definition) is 2. The van der Waals surface area contributed by atoms with Crippen molar-refractivity contribution in [3.05, 3.63) is 58.4 Å². The average molecular weight is 320 g/mol. The molecule has 2 N–H and O–H groups in total. The topological polar surface area (TPSA) is 63.4 Å². The van der Waals surface area contributed by atoms with Crippen LogP contribution in [-0.2, 0) is 0 Å². The van der Waals surface area contributed by atoms with Crippen LogP contribution in [0, 0.1) is 0 Å². The minimum absolute atomic E-state index is 0.0437. The van der Waals surface area contributed by atoms with Gasteiger partial charge in [0.25, 0.3) is 0 Å². The predicted octanol–water partition coefficient (Wildman–Crippen LogP) is 3.00. The van der Waals surface area contributed by atoms with Gasteiger partial charge in [-0.2, -0.15) is 0 Å². The SMILES string of the molecule is O=c1c2cc3c(cc2[nH]c2cccc(C4CC=CNC4)c12)OCO3. The van der Waals surface area contributed by atoms with Crippen molar-refractivity contribution in [1.29, 1.82) is 0 Å². The van der Waals surface area contributed by atoms with E-state index in [4.69, 9.17) is 9.47 Å². The normalized spacial score (nSPS) is 18.9. The first-order chi connectivity index (χ1) is 11.8. The first-order valence-electron chi connectivity index (χ1n) is 8.08. The highest BCUT2D eigenvalue weighted by Crippen LogP contribution is 2.36. The third kappa shape index (κ3) is 1.91. The van der Waals surface area contributed by atoms with Crippen LogP contribution in [-0.4, -0.2) is 18.3 Å². The summed E-state index contributed by atoms with van der Waals surface area (Å²) in [6, 6.07) is 9.64. The molecule has 1 aromatic heterocycles. The van der Waals surface area contributed by atoms with Crippen molar-refractivity contribution < 1.29 is 9.47 Å². The third-order valence-electron chi connectivity index (χ3n) is 4.81. The van der Waals surface area contributed by atoms with Gasteiger partial charge < -0.3 is 19.8 Å². The third-order valence-corrected chi connectivity index (χ3v) is 4.81. The fraction of sp³-hybridized carbons (Fsp3) is 0.211. The van der Waals surface area contributed by atoms with Gasteiger partial charge in [0, 0.05) is 23.9 Å². The number of ether oxygens (including phenoxy) is 2. The molecule has 5 heteroatoms. The lowest BCUT2D eigenvalue weighted by atomic mass is 9.90. The second-order valence-corrected chi connectivity index (χ2v) is 6.22. The van der Waals surface area contributed by atoms with Gasteiger partial charge in [-0.25, -0.2) is 0 Å². The lowest BCUT2D eigenvalue weighted by Crippen LogP contribution is -2.21. The molecule has 2 aliphatic heterocycles. The first-order valence-corrected chi connectivity index (χ1v) is 8.08. The van der Waals surface area contributed by atoms with E-state index in [9.17, 15) is 4.79 Å². The molecule has 0 aliphatic carbocycles. The molecule has 0 saturated heterocycles. The molecule has 3 aromatic rings. The molecule has 24 heavy (non-hydrogen) atoms. The van der Waals surface area contributed by atoms with Gasteiger partial charge in [-0.15, -0.1) is 0 Å². The van der Waals surface area contributed by atoms with Crippen LogP contribution in [0.25, 0.3) is 21.8 Å². The smallest absolute Gasteiger partial charge is 0.231 e. The quantitative estimate of drug-likeness (QED) is 0.677. The standard InChI is InChI=1S/C19H16N2O3/c22-19-13-7-16-17(24-10-23-16)8-15(13)21-14-5-1-4-12(18(14)19)11-3-2-6-20-9-11/h1-2,4-8,11,20H,3,9-10H2,(H,21,22). The minimum Gasteiger partial charge on any atom is -0.454 e. The fourth-order valence-electron chi connectivity index (χ4n) is 3.63. The van der Waals surface area contributed by atoms with Crippen LogP contribution in [0.3, 0.4) is 0 Å². The van der Waals surface area contributed by atoms with E-state index in [2.05, 4.69) is 22.4 Å². The monoisotopic (exact) mass is 320 g/mol. The lowest BCUT2D eigenvalue weighted by Gasteiger charge is -2.21. The van der Waals surface area contributed by atoms with Crippen molar-refractivity contribution in [2.24, 2.45) is 0 Å². The summed E-state index contributed by atoms with van der Waals surface area (Å²) >= 11 is 0. The molecule has 5 rings (SSSR count). The molecular formula is C19H16N2O3. The number of rotatable bonds is 1. The number of benzene rings is 2. The summed E-state index contributed by atoms with van der Waals surface area (Å²) < 4.78 is 10.8. The number of aromatic nitrogens is 1. The Kier molecular flexibility index (Phi) is 2.82. The summed E-state index contributed by atoms with van der Waals surface area (Å²) in [4.78, 5) is 16.6. The van der Waals surface area contributed by atoms with E-state index < -0.39 is 0 Å². The number of nitrogens with one attached hydrogen (secondary N) is 2. The van der Waals surface area contributed by atoms with Gasteiger partial charge in [0.15, 0.2) is 16.9 Å². The fourth-order valence-corrected chi connectivity index (χ4v) is 3.63. The van der Waals surface area contributed by atoms with E-state index in [1.807, 2.05) is 24.4 Å². The molecule has 0 fully saturated rings. The van der Waals surface area contributed by atoms with Crippen LogP contribution in [0.4, 0.5) is 0 Å². The molecule has 3 heterocycles. The van der Waals surface area contributed by atoms with Crippen LogP contribution < -0.4 is 20.2 Å². The molecule has 0 saturated carbocycles. The Morgan fingerprint density at radius 1 is 1.08 bits per heavy atom. The number of aromatic amines is 1. The second-order valence-electron chi connectivity index (χ2n) is 6.22. The van der Waals surface area contributed by atoms with Gasteiger partial charge in [-0.05, 0) is 30.3 Å². The molecule has 2 aromatic carbocycles. The molecular weight excluding hydrogens is 304 g/mol. The zero-order chi connectivity index (χ0) is 16.1. The number of allylic oxidation sites excluding steroid dienone is 1. The Morgan fingerprint density at radius 3 is 2.79 bits per heavy atom. The maximum atomic E-state index is 13.2. The summed E-state index contributed by atoms with van der Waals surface area (Å²) in [5.41, 5.74) is 2.77. The van der Waals surface area contributed by atoms with Gasteiger partial charge in [0.2, 0.25) is 6.79 Å². The van der Waals surface area contributed by atoms with E-state index in [0.717, 1.165) is 34.9 Å². The van der Waals surface area contributed by atoms with Crippen molar-refractivity contribution in [1.82, 2.24) is 10.3 Å². The van der Waals surface area contributed by atoms with E-state index in [1.54, 1.807) is 6.07 Å². The Bertz CT molecular complexity index is 1050. The Morgan fingerprint density at radius 2 is 1.96 bits per heavy atom. The van der Waals surface area contributed by atoms with Crippen LogP contribution >= 0.6 is 0 Å². The second kappa shape index (κ2) is 5.03. The van der Waals surface area contributed by atoms with Crippen molar-refractivity contribution in [3.8, 4) is 11.5 Å². The zero-order valence-corrected chi connectivity index (χ0v) is 13.0. The van der Waals surface area contributed by atoms with E-state index in [0.29, 0.717) is 22.8 Å². The molecule has 0 radical (unpaired) electrons. The van der Waals surface area contributed by atoms with E-state index >= 15 is 0 Å². The average Bonchev–Trinajstić information content (AvgIpc) is 3.08. The number of fused-ring (bicyclic) bond motifs is 3. The molecule has 120 valence electrons. The van der Waals surface area contributed by atoms with Crippen LogP contribution in [0.1, 0.15) is 17.9 Å². The van der Waals surface area contributed by atoms with Crippen LogP contribution in [0.2, 0.25) is 0 Å². The van der Waals surface area contributed by atoms with E-state index in [1.165, 1.54) is 0 Å². The molecule has 5 nitrogen and oxygen atoms in total. The highest BCUT2D eigenvalue weighted by atomic mass is 16.7. The summed E-state index contributed by atoms with van der Waals surface area (Å²) in [7, 11) is 0. The Hall–Kier alpha value is -2.95. The Labute approximate surface area is 137 Å². The molecule has 1 unspecified atom stereocenters. The number of pyridine rings is 1. The minimum atomic E-state index is 0.0437. The maximum Gasteiger partial charge on any atom is 0.231 e. The largest absolute Gasteiger partial charge is 0.454 e. The van der Waals surface area contributed by atoms with Gasteiger partial charge in [0.1, 0.15) is 0 Å². The van der Waals surface area contributed by atoms with Crippen molar-refractivity contribution in [3.63, 3.8) is 0 Å². The van der Waals surface area contributed by atoms with Crippen molar-refractivity contribution in [2.45, 2.75) is 12.3 Å². The summed E-state index contributed by atoms with van der Waals surface area (Å²) in [5, 5.41) is 4.67. The van der Waals surface area contributed by atoms with Gasteiger partial charge in [-0.3, -0.25) is 4.79 Å². The maximum absolute atomic E-state index is 13.2. The molecule has 2 aliphatic rings. The zero-order valence-electron chi connectivity index (χ0n) is 13.0. The van der Waals surface area contributed by atoms with Crippen LogP contribution in [0.5, 0.6) is 11.5 Å². The molecule has 0 amide bonds. The van der Waals surface area contributed by atoms with Crippen LogP contribution in [0.15, 0.2) is 47.4 Å². The first kappa shape index (κ1) is 13.5. The molecule has 1 atom stereocenters. The number of hydrogen-bond acceptors (Lipinski definition) is 4. The van der Waals surface area contributed by atoms with Crippen molar-refractivity contribution in [2.75, 3.05) is 13.3 Å². The highest BCUT2D eigenvalue weighted by Gasteiger charge is 2.20. The summed E-state index contributed by atoms with van der Waals surface area (Å²) in [6.45, 7) is 1.04. The molecule has 0 spiro atoms. The summed E-state index contributed by atoms with van der Waals surface area (Å²) in [6.07, 6.45) is 5.02. The van der Waals surface area contributed by atoms with Gasteiger partial charge >= 0.3 is 0 Å². The van der Waals surface area contributed by atoms with Crippen molar-refractivity contribution >= 4 is 21.8 Å².